The highest BCUT2D eigenvalue weighted by atomic mass is 32.2. The molecule has 0 radical (unpaired) electrons. The Morgan fingerprint density at radius 1 is 1.22 bits per heavy atom. The van der Waals surface area contributed by atoms with Gasteiger partial charge in [-0.25, -0.2) is 12.8 Å². The predicted molar refractivity (Wildman–Crippen MR) is 99.7 cm³/mol. The van der Waals surface area contributed by atoms with Crippen molar-refractivity contribution in [2.45, 2.75) is 37.0 Å². The number of hydrogen-bond donors (Lipinski definition) is 1. The average molecular weight is 391 g/mol. The van der Waals surface area contributed by atoms with E-state index in [1.807, 2.05) is 25.1 Å². The molecule has 0 amide bonds. The Kier molecular flexibility index (Phi) is 5.62. The van der Waals surface area contributed by atoms with E-state index in [0.29, 0.717) is 19.5 Å². The molecule has 1 atom stereocenters. The minimum absolute atomic E-state index is 0.00196. The van der Waals surface area contributed by atoms with E-state index in [1.165, 1.54) is 16.4 Å². The molecule has 2 aromatic carbocycles. The molecule has 0 aliphatic carbocycles. The van der Waals surface area contributed by atoms with E-state index in [9.17, 15) is 17.6 Å². The van der Waals surface area contributed by atoms with Gasteiger partial charge in [0.05, 0.1) is 11.3 Å². The molecule has 1 fully saturated rings. The monoisotopic (exact) mass is 391 g/mol. The van der Waals surface area contributed by atoms with E-state index < -0.39 is 21.8 Å². The number of piperidine rings is 1. The third-order valence-corrected chi connectivity index (χ3v) is 6.90. The zero-order valence-corrected chi connectivity index (χ0v) is 15.9. The summed E-state index contributed by atoms with van der Waals surface area (Å²) >= 11 is 0. The molecular formula is C20H22FNO4S. The summed E-state index contributed by atoms with van der Waals surface area (Å²) in [5.74, 6) is -1.36. The largest absolute Gasteiger partial charge is 0.481 e. The van der Waals surface area contributed by atoms with Crippen LogP contribution in [-0.2, 0) is 21.2 Å². The molecule has 0 spiro atoms. The van der Waals surface area contributed by atoms with Crippen molar-refractivity contribution in [2.24, 2.45) is 0 Å². The fourth-order valence-corrected chi connectivity index (χ4v) is 5.01. The number of carboxylic acids is 1. The Bertz CT molecular complexity index is 941. The molecular weight excluding hydrogens is 369 g/mol. The summed E-state index contributed by atoms with van der Waals surface area (Å²) < 4.78 is 40.3. The van der Waals surface area contributed by atoms with Gasteiger partial charge in [0.1, 0.15) is 5.82 Å². The average Bonchev–Trinajstić information content (AvgIpc) is 2.63. The number of rotatable bonds is 5. The number of aliphatic carboxylic acids is 1. The van der Waals surface area contributed by atoms with Gasteiger partial charge in [-0.3, -0.25) is 4.79 Å². The summed E-state index contributed by atoms with van der Waals surface area (Å²) in [7, 11) is -3.68. The number of sulfonamides is 1. The lowest BCUT2D eigenvalue weighted by Crippen LogP contribution is -2.39. The van der Waals surface area contributed by atoms with E-state index in [1.54, 1.807) is 0 Å². The van der Waals surface area contributed by atoms with Crippen molar-refractivity contribution in [3.63, 3.8) is 0 Å². The van der Waals surface area contributed by atoms with Crippen molar-refractivity contribution in [3.05, 3.63) is 65.0 Å². The van der Waals surface area contributed by atoms with E-state index in [-0.39, 0.29) is 17.2 Å². The van der Waals surface area contributed by atoms with Crippen molar-refractivity contribution in [1.82, 2.24) is 4.31 Å². The van der Waals surface area contributed by atoms with Gasteiger partial charge in [0, 0.05) is 13.1 Å². The Morgan fingerprint density at radius 3 is 2.59 bits per heavy atom. The minimum atomic E-state index is -3.68. The molecule has 0 saturated carbocycles. The lowest BCUT2D eigenvalue weighted by atomic mass is 9.89. The second kappa shape index (κ2) is 7.78. The summed E-state index contributed by atoms with van der Waals surface area (Å²) in [6.07, 6.45) is 1.50. The third kappa shape index (κ3) is 4.36. The van der Waals surface area contributed by atoms with Gasteiger partial charge < -0.3 is 5.11 Å². The molecule has 1 aliphatic rings. The maximum Gasteiger partial charge on any atom is 0.307 e. The Morgan fingerprint density at radius 2 is 1.93 bits per heavy atom. The van der Waals surface area contributed by atoms with E-state index >= 15 is 0 Å². The predicted octanol–water partition coefficient (Wildman–Crippen LogP) is 3.33. The van der Waals surface area contributed by atoms with Crippen molar-refractivity contribution < 1.29 is 22.7 Å². The smallest absolute Gasteiger partial charge is 0.307 e. The van der Waals surface area contributed by atoms with Crippen molar-refractivity contribution in [1.29, 1.82) is 0 Å². The van der Waals surface area contributed by atoms with Crippen LogP contribution in [0.2, 0.25) is 0 Å². The molecule has 1 heterocycles. The molecule has 1 saturated heterocycles. The molecule has 0 bridgehead atoms. The summed E-state index contributed by atoms with van der Waals surface area (Å²) in [6.45, 7) is 2.62. The highest BCUT2D eigenvalue weighted by molar-refractivity contribution is 7.89. The van der Waals surface area contributed by atoms with Crippen molar-refractivity contribution in [2.75, 3.05) is 13.1 Å². The van der Waals surface area contributed by atoms with Crippen LogP contribution in [0.1, 0.15) is 35.4 Å². The number of halogens is 1. The van der Waals surface area contributed by atoms with Crippen LogP contribution < -0.4 is 0 Å². The number of nitrogens with zero attached hydrogens (tertiary/aromatic N) is 1. The number of hydrogen-bond acceptors (Lipinski definition) is 3. The topological polar surface area (TPSA) is 74.7 Å². The molecule has 0 aromatic heterocycles. The van der Waals surface area contributed by atoms with Crippen molar-refractivity contribution in [3.8, 4) is 0 Å². The SMILES string of the molecule is Cc1ccc([C@@H]2CCCN(S(=O)(=O)c3ccc(F)cc3)C2)cc1CC(=O)O. The molecule has 2 aromatic rings. The highest BCUT2D eigenvalue weighted by Gasteiger charge is 2.31. The van der Waals surface area contributed by atoms with E-state index in [4.69, 9.17) is 5.11 Å². The lowest BCUT2D eigenvalue weighted by Gasteiger charge is -2.32. The number of benzene rings is 2. The van der Waals surface area contributed by atoms with Gasteiger partial charge in [-0.15, -0.1) is 0 Å². The first kappa shape index (κ1) is 19.5. The maximum atomic E-state index is 13.1. The van der Waals surface area contributed by atoms with Crippen molar-refractivity contribution >= 4 is 16.0 Å². The summed E-state index contributed by atoms with van der Waals surface area (Å²) in [6, 6.07) is 10.6. The van der Waals surface area contributed by atoms with Gasteiger partial charge in [-0.05, 0) is 66.6 Å². The van der Waals surface area contributed by atoms with Gasteiger partial charge in [0.15, 0.2) is 0 Å². The first-order valence-corrected chi connectivity index (χ1v) is 10.3. The van der Waals surface area contributed by atoms with Gasteiger partial charge >= 0.3 is 5.97 Å². The molecule has 3 rings (SSSR count). The van der Waals surface area contributed by atoms with Crippen LogP contribution in [0.4, 0.5) is 4.39 Å². The zero-order valence-electron chi connectivity index (χ0n) is 15.1. The Labute approximate surface area is 158 Å². The Hall–Kier alpha value is -2.25. The van der Waals surface area contributed by atoms with Crippen LogP contribution in [0.3, 0.4) is 0 Å². The quantitative estimate of drug-likeness (QED) is 0.848. The van der Waals surface area contributed by atoms with Gasteiger partial charge in [0.2, 0.25) is 10.0 Å². The highest BCUT2D eigenvalue weighted by Crippen LogP contribution is 2.31. The molecule has 27 heavy (non-hydrogen) atoms. The summed E-state index contributed by atoms with van der Waals surface area (Å²) in [5.41, 5.74) is 2.61. The van der Waals surface area contributed by atoms with Crippen LogP contribution in [0.5, 0.6) is 0 Å². The number of carbonyl (C=O) groups is 1. The van der Waals surface area contributed by atoms with Crippen LogP contribution in [-0.4, -0.2) is 36.9 Å². The van der Waals surface area contributed by atoms with Gasteiger partial charge in [-0.1, -0.05) is 18.2 Å². The molecule has 144 valence electrons. The molecule has 5 nitrogen and oxygen atoms in total. The zero-order chi connectivity index (χ0) is 19.6. The summed E-state index contributed by atoms with van der Waals surface area (Å²) in [5, 5.41) is 9.07. The van der Waals surface area contributed by atoms with Crippen LogP contribution in [0, 0.1) is 12.7 Å². The first-order valence-electron chi connectivity index (χ1n) is 8.84. The number of carboxylic acid groups (broad SMARTS) is 1. The van der Waals surface area contributed by atoms with Crippen LogP contribution >= 0.6 is 0 Å². The van der Waals surface area contributed by atoms with Gasteiger partial charge in [-0.2, -0.15) is 4.31 Å². The minimum Gasteiger partial charge on any atom is -0.481 e. The fraction of sp³-hybridized carbons (Fsp3) is 0.350. The second-order valence-electron chi connectivity index (χ2n) is 6.91. The van der Waals surface area contributed by atoms with Crippen LogP contribution in [0.25, 0.3) is 0 Å². The lowest BCUT2D eigenvalue weighted by molar-refractivity contribution is -0.136. The number of aryl methyl sites for hydroxylation is 1. The molecule has 1 N–H and O–H groups in total. The van der Waals surface area contributed by atoms with E-state index in [2.05, 4.69) is 0 Å². The fourth-order valence-electron chi connectivity index (χ4n) is 3.49. The Balaban J connectivity index is 1.84. The molecule has 7 heteroatoms. The van der Waals surface area contributed by atoms with Gasteiger partial charge in [0.25, 0.3) is 0 Å². The second-order valence-corrected chi connectivity index (χ2v) is 8.85. The molecule has 0 unspecified atom stereocenters. The standard InChI is InChI=1S/C20H22FNO4S/c1-14-4-5-15(11-17(14)12-20(23)24)16-3-2-10-22(13-16)27(25,26)19-8-6-18(21)7-9-19/h4-9,11,16H,2-3,10,12-13H2,1H3,(H,23,24)/t16-/m1/s1. The third-order valence-electron chi connectivity index (χ3n) is 5.02. The summed E-state index contributed by atoms with van der Waals surface area (Å²) in [4.78, 5) is 11.1. The normalized spacial score (nSPS) is 18.4. The first-order chi connectivity index (χ1) is 12.8. The maximum absolute atomic E-state index is 13.1. The molecule has 1 aliphatic heterocycles. The van der Waals surface area contributed by atoms with E-state index in [0.717, 1.165) is 35.2 Å². The van der Waals surface area contributed by atoms with Crippen LogP contribution in [0.15, 0.2) is 47.4 Å².